The highest BCUT2D eigenvalue weighted by molar-refractivity contribution is 5.95. The molecule has 1 heterocycles. The Morgan fingerprint density at radius 3 is 2.59 bits per heavy atom. The minimum atomic E-state index is 0.0934. The van der Waals surface area contributed by atoms with Crippen LogP contribution in [-0.4, -0.2) is 37.6 Å². The minimum Gasteiger partial charge on any atom is -0.490 e. The van der Waals surface area contributed by atoms with Crippen LogP contribution < -0.4 is 20.7 Å². The van der Waals surface area contributed by atoms with Gasteiger partial charge in [-0.05, 0) is 75.7 Å². The summed E-state index contributed by atoms with van der Waals surface area (Å²) < 4.78 is 6.12. The van der Waals surface area contributed by atoms with E-state index in [0.29, 0.717) is 12.1 Å². The Morgan fingerprint density at radius 2 is 1.93 bits per heavy atom. The van der Waals surface area contributed by atoms with Crippen LogP contribution in [0.5, 0.6) is 5.75 Å². The summed E-state index contributed by atoms with van der Waals surface area (Å²) in [7, 11) is 0. The number of ether oxygens (including phenoxy) is 1. The molecule has 154 valence electrons. The maximum absolute atomic E-state index is 7.58. The summed E-state index contributed by atoms with van der Waals surface area (Å²) in [6, 6.07) is 16.5. The fourth-order valence-corrected chi connectivity index (χ4v) is 3.55. The quantitative estimate of drug-likeness (QED) is 0.468. The van der Waals surface area contributed by atoms with E-state index in [9.17, 15) is 0 Å². The summed E-state index contributed by atoms with van der Waals surface area (Å²) in [4.78, 5) is 2.35. The molecular weight excluding hydrogens is 360 g/mol. The fraction of sp³-hybridized carbons (Fsp3) is 0.375. The van der Waals surface area contributed by atoms with Crippen molar-refractivity contribution in [2.24, 2.45) is 5.73 Å². The molecule has 1 fully saturated rings. The summed E-state index contributed by atoms with van der Waals surface area (Å²) in [5.41, 5.74) is 8.56. The molecule has 0 aliphatic carbocycles. The molecule has 0 atom stereocenters. The van der Waals surface area contributed by atoms with Gasteiger partial charge in [0, 0.05) is 23.8 Å². The molecule has 3 rings (SSSR count). The zero-order valence-corrected chi connectivity index (χ0v) is 17.4. The van der Waals surface area contributed by atoms with Crippen molar-refractivity contribution < 1.29 is 4.74 Å². The van der Waals surface area contributed by atoms with E-state index in [-0.39, 0.29) is 5.84 Å². The second kappa shape index (κ2) is 10.1. The Hall–Kier alpha value is -2.79. The number of nitrogens with zero attached hydrogens (tertiary/aromatic N) is 1. The van der Waals surface area contributed by atoms with Gasteiger partial charge in [0.15, 0.2) is 0 Å². The molecule has 0 radical (unpaired) electrons. The van der Waals surface area contributed by atoms with Crippen LogP contribution in [0.4, 0.5) is 5.69 Å². The Morgan fingerprint density at radius 1 is 1.21 bits per heavy atom. The van der Waals surface area contributed by atoms with Gasteiger partial charge in [0.05, 0.1) is 0 Å². The predicted molar refractivity (Wildman–Crippen MR) is 122 cm³/mol. The zero-order valence-electron chi connectivity index (χ0n) is 17.4. The van der Waals surface area contributed by atoms with Crippen molar-refractivity contribution in [1.29, 1.82) is 5.41 Å². The van der Waals surface area contributed by atoms with E-state index in [2.05, 4.69) is 60.5 Å². The number of rotatable bonds is 8. The molecule has 29 heavy (non-hydrogen) atoms. The first-order valence-electron chi connectivity index (χ1n) is 10.4. The maximum Gasteiger partial charge on any atom is 0.122 e. The van der Waals surface area contributed by atoms with E-state index in [4.69, 9.17) is 15.9 Å². The summed E-state index contributed by atoms with van der Waals surface area (Å²) in [6.07, 6.45) is 6.68. The highest BCUT2D eigenvalue weighted by atomic mass is 16.5. The lowest BCUT2D eigenvalue weighted by molar-refractivity contribution is 0.162. The van der Waals surface area contributed by atoms with Gasteiger partial charge in [-0.3, -0.25) is 5.41 Å². The van der Waals surface area contributed by atoms with Crippen LogP contribution in [0.25, 0.3) is 6.08 Å². The van der Waals surface area contributed by atoms with Gasteiger partial charge < -0.3 is 20.7 Å². The van der Waals surface area contributed by atoms with Crippen LogP contribution in [0.3, 0.4) is 0 Å². The highest BCUT2D eigenvalue weighted by Gasteiger charge is 2.15. The second-order valence-electron chi connectivity index (χ2n) is 7.75. The van der Waals surface area contributed by atoms with Crippen LogP contribution in [0.2, 0.25) is 0 Å². The van der Waals surface area contributed by atoms with E-state index in [0.717, 1.165) is 49.4 Å². The number of hydrogen-bond acceptors (Lipinski definition) is 4. The van der Waals surface area contributed by atoms with Gasteiger partial charge in [-0.25, -0.2) is 0 Å². The number of hydrogen-bond donors (Lipinski definition) is 3. The molecule has 0 aromatic heterocycles. The van der Waals surface area contributed by atoms with Gasteiger partial charge in [-0.15, -0.1) is 0 Å². The van der Waals surface area contributed by atoms with Crippen LogP contribution in [-0.2, 0) is 0 Å². The van der Waals surface area contributed by atoms with Crippen LogP contribution in [0, 0.1) is 5.41 Å². The number of benzene rings is 2. The SMILES string of the molecule is CC(C)N(C/C=C/c1cccc(C(=N)N)c1)c1ccc(OC2CCNCC2)cc1. The Balaban J connectivity index is 1.63. The smallest absolute Gasteiger partial charge is 0.122 e. The normalized spacial score (nSPS) is 15.0. The van der Waals surface area contributed by atoms with Crippen LogP contribution in [0.15, 0.2) is 54.6 Å². The van der Waals surface area contributed by atoms with Crippen molar-refractivity contribution in [3.05, 3.63) is 65.7 Å². The van der Waals surface area contributed by atoms with Gasteiger partial charge in [-0.2, -0.15) is 0 Å². The number of piperidine rings is 1. The number of nitrogen functional groups attached to an aromatic ring is 1. The van der Waals surface area contributed by atoms with Crippen molar-refractivity contribution in [2.75, 3.05) is 24.5 Å². The summed E-state index contributed by atoms with van der Waals surface area (Å²) >= 11 is 0. The molecule has 0 spiro atoms. The van der Waals surface area contributed by atoms with Crippen LogP contribution in [0.1, 0.15) is 37.8 Å². The van der Waals surface area contributed by atoms with Gasteiger partial charge in [0.25, 0.3) is 0 Å². The largest absolute Gasteiger partial charge is 0.490 e. The first-order chi connectivity index (χ1) is 14.0. The Kier molecular flexibility index (Phi) is 7.30. The van der Waals surface area contributed by atoms with Crippen molar-refractivity contribution in [3.63, 3.8) is 0 Å². The molecule has 5 nitrogen and oxygen atoms in total. The lowest BCUT2D eigenvalue weighted by Gasteiger charge is -2.28. The number of anilines is 1. The molecule has 2 aromatic rings. The molecular formula is C24H32N4O. The molecule has 0 amide bonds. The lowest BCUT2D eigenvalue weighted by atomic mass is 10.1. The van der Waals surface area contributed by atoms with Gasteiger partial charge >= 0.3 is 0 Å². The average Bonchev–Trinajstić information content (AvgIpc) is 2.73. The minimum absolute atomic E-state index is 0.0934. The Labute approximate surface area is 174 Å². The van der Waals surface area contributed by atoms with Gasteiger partial charge in [-0.1, -0.05) is 30.4 Å². The number of nitrogens with two attached hydrogens (primary N) is 1. The van der Waals surface area contributed by atoms with Crippen molar-refractivity contribution >= 4 is 17.6 Å². The monoisotopic (exact) mass is 392 g/mol. The average molecular weight is 393 g/mol. The van der Waals surface area contributed by atoms with E-state index in [1.807, 2.05) is 24.3 Å². The standard InChI is InChI=1S/C24H32N4O/c1-18(2)28(16-4-6-19-5-3-7-20(17-19)24(25)26)21-8-10-22(11-9-21)29-23-12-14-27-15-13-23/h3-11,17-18,23,27H,12-16H2,1-2H3,(H3,25,26)/b6-4+. The topological polar surface area (TPSA) is 74.4 Å². The zero-order chi connectivity index (χ0) is 20.6. The highest BCUT2D eigenvalue weighted by Crippen LogP contribution is 2.23. The van der Waals surface area contributed by atoms with E-state index in [1.54, 1.807) is 0 Å². The van der Waals surface area contributed by atoms with E-state index >= 15 is 0 Å². The van der Waals surface area contributed by atoms with Gasteiger partial charge in [0.1, 0.15) is 17.7 Å². The lowest BCUT2D eigenvalue weighted by Crippen LogP contribution is -2.34. The van der Waals surface area contributed by atoms with Crippen molar-refractivity contribution in [1.82, 2.24) is 5.32 Å². The van der Waals surface area contributed by atoms with Crippen molar-refractivity contribution in [2.45, 2.75) is 38.8 Å². The third-order valence-electron chi connectivity index (χ3n) is 5.19. The third-order valence-corrected chi connectivity index (χ3v) is 5.19. The van der Waals surface area contributed by atoms with E-state index < -0.39 is 0 Å². The molecule has 1 saturated heterocycles. The second-order valence-corrected chi connectivity index (χ2v) is 7.75. The summed E-state index contributed by atoms with van der Waals surface area (Å²) in [5.74, 6) is 1.04. The van der Waals surface area contributed by atoms with Crippen molar-refractivity contribution in [3.8, 4) is 5.75 Å². The first-order valence-corrected chi connectivity index (χ1v) is 10.4. The fourth-order valence-electron chi connectivity index (χ4n) is 3.55. The molecule has 1 aliphatic heterocycles. The molecule has 0 unspecified atom stereocenters. The summed E-state index contributed by atoms with van der Waals surface area (Å²) in [6.45, 7) is 7.26. The first kappa shape index (κ1) is 20.9. The molecule has 0 bridgehead atoms. The number of amidine groups is 1. The maximum atomic E-state index is 7.58. The number of nitrogens with one attached hydrogen (secondary N) is 2. The predicted octanol–water partition coefficient (Wildman–Crippen LogP) is 4.03. The summed E-state index contributed by atoms with van der Waals surface area (Å²) in [5, 5.41) is 10.9. The van der Waals surface area contributed by atoms with E-state index in [1.165, 1.54) is 5.69 Å². The molecule has 1 aliphatic rings. The molecule has 4 N–H and O–H groups in total. The molecule has 2 aromatic carbocycles. The Bertz CT molecular complexity index is 823. The molecule has 0 saturated carbocycles. The molecule has 5 heteroatoms. The van der Waals surface area contributed by atoms with Gasteiger partial charge in [0.2, 0.25) is 0 Å². The van der Waals surface area contributed by atoms with Crippen LogP contribution >= 0.6 is 0 Å². The third kappa shape index (κ3) is 6.09.